The smallest absolute Gasteiger partial charge is 0.303 e. The third kappa shape index (κ3) is 3.79. The lowest BCUT2D eigenvalue weighted by atomic mass is 10.0. The van der Waals surface area contributed by atoms with E-state index in [2.05, 4.69) is 0 Å². The summed E-state index contributed by atoms with van der Waals surface area (Å²) >= 11 is 0. The minimum atomic E-state index is -3.18. The van der Waals surface area contributed by atoms with Crippen LogP contribution in [0.15, 0.2) is 0 Å². The molecule has 0 amide bonds. The third-order valence-electron chi connectivity index (χ3n) is 2.69. The molecule has 1 unspecified atom stereocenters. The molecule has 5 nitrogen and oxygen atoms in total. The van der Waals surface area contributed by atoms with E-state index in [-0.39, 0.29) is 12.5 Å². The Balaban J connectivity index is 2.62. The van der Waals surface area contributed by atoms with E-state index in [1.165, 1.54) is 10.6 Å². The average molecular weight is 235 g/mol. The van der Waals surface area contributed by atoms with Gasteiger partial charge >= 0.3 is 5.97 Å². The maximum Gasteiger partial charge on any atom is 0.303 e. The van der Waals surface area contributed by atoms with Crippen molar-refractivity contribution in [3.63, 3.8) is 0 Å². The van der Waals surface area contributed by atoms with Gasteiger partial charge in [0.25, 0.3) is 0 Å². The van der Waals surface area contributed by atoms with Gasteiger partial charge in [0.2, 0.25) is 10.0 Å². The van der Waals surface area contributed by atoms with Crippen molar-refractivity contribution in [3.8, 4) is 0 Å². The Labute approximate surface area is 90.1 Å². The van der Waals surface area contributed by atoms with Crippen LogP contribution in [0.2, 0.25) is 0 Å². The quantitative estimate of drug-likeness (QED) is 0.777. The Kier molecular flexibility index (Phi) is 4.10. The van der Waals surface area contributed by atoms with Crippen LogP contribution in [0.25, 0.3) is 0 Å². The number of hydrogen-bond acceptors (Lipinski definition) is 3. The fourth-order valence-corrected chi connectivity index (χ4v) is 3.20. The van der Waals surface area contributed by atoms with Gasteiger partial charge in [0, 0.05) is 19.0 Å². The van der Waals surface area contributed by atoms with E-state index in [1.807, 2.05) is 0 Å². The van der Waals surface area contributed by atoms with Gasteiger partial charge < -0.3 is 5.11 Å². The van der Waals surface area contributed by atoms with E-state index in [0.29, 0.717) is 13.0 Å². The van der Waals surface area contributed by atoms with E-state index in [9.17, 15) is 13.2 Å². The van der Waals surface area contributed by atoms with Gasteiger partial charge in [-0.15, -0.1) is 0 Å². The van der Waals surface area contributed by atoms with Gasteiger partial charge in [-0.1, -0.05) is 6.42 Å². The maximum atomic E-state index is 11.4. The van der Waals surface area contributed by atoms with Gasteiger partial charge in [-0.05, 0) is 19.3 Å². The molecule has 1 fully saturated rings. The maximum absolute atomic E-state index is 11.4. The van der Waals surface area contributed by atoms with Crippen LogP contribution < -0.4 is 0 Å². The number of piperidine rings is 1. The number of carbonyl (C=O) groups is 1. The molecule has 1 aliphatic rings. The van der Waals surface area contributed by atoms with Crippen molar-refractivity contribution in [3.05, 3.63) is 0 Å². The first-order valence-corrected chi connectivity index (χ1v) is 6.94. The number of hydrogen-bond donors (Lipinski definition) is 1. The summed E-state index contributed by atoms with van der Waals surface area (Å²) < 4.78 is 24.3. The van der Waals surface area contributed by atoms with E-state index in [4.69, 9.17) is 5.11 Å². The van der Waals surface area contributed by atoms with Gasteiger partial charge in [-0.2, -0.15) is 4.31 Å². The Hall–Kier alpha value is -0.620. The first-order chi connectivity index (χ1) is 6.91. The Morgan fingerprint density at radius 3 is 2.67 bits per heavy atom. The second kappa shape index (κ2) is 4.94. The predicted octanol–water partition coefficient (Wildman–Crippen LogP) is 0.665. The molecule has 0 bridgehead atoms. The second-order valence-electron chi connectivity index (χ2n) is 3.96. The highest BCUT2D eigenvalue weighted by Gasteiger charge is 2.29. The summed E-state index contributed by atoms with van der Waals surface area (Å²) in [4.78, 5) is 10.4. The SMILES string of the molecule is CS(=O)(=O)N1CCCCC1CCC(=O)O. The van der Waals surface area contributed by atoms with Crippen molar-refractivity contribution in [2.24, 2.45) is 0 Å². The minimum Gasteiger partial charge on any atom is -0.481 e. The van der Waals surface area contributed by atoms with E-state index in [1.54, 1.807) is 0 Å². The van der Waals surface area contributed by atoms with Crippen LogP contribution in [-0.2, 0) is 14.8 Å². The summed E-state index contributed by atoms with van der Waals surface area (Å²) in [6.45, 7) is 0.531. The fraction of sp³-hybridized carbons (Fsp3) is 0.889. The molecule has 0 aromatic heterocycles. The summed E-state index contributed by atoms with van der Waals surface area (Å²) in [5.74, 6) is -0.867. The van der Waals surface area contributed by atoms with Crippen molar-refractivity contribution < 1.29 is 18.3 Å². The lowest BCUT2D eigenvalue weighted by molar-refractivity contribution is -0.137. The van der Waals surface area contributed by atoms with Crippen LogP contribution in [0, 0.1) is 0 Å². The van der Waals surface area contributed by atoms with Crippen LogP contribution in [-0.4, -0.2) is 42.6 Å². The largest absolute Gasteiger partial charge is 0.481 e. The normalized spacial score (nSPS) is 23.9. The summed E-state index contributed by atoms with van der Waals surface area (Å²) in [5, 5.41) is 8.57. The standard InChI is InChI=1S/C9H17NO4S/c1-15(13,14)10-7-3-2-4-8(10)5-6-9(11)12/h8H,2-7H2,1H3,(H,11,12). The molecule has 1 saturated heterocycles. The molecule has 1 rings (SSSR count). The van der Waals surface area contributed by atoms with Crippen LogP contribution in [0.5, 0.6) is 0 Å². The molecular formula is C9H17NO4S. The first-order valence-electron chi connectivity index (χ1n) is 5.10. The lowest BCUT2D eigenvalue weighted by Crippen LogP contribution is -2.43. The van der Waals surface area contributed by atoms with Crippen molar-refractivity contribution in [2.45, 2.75) is 38.1 Å². The van der Waals surface area contributed by atoms with Crippen molar-refractivity contribution in [1.29, 1.82) is 0 Å². The van der Waals surface area contributed by atoms with E-state index < -0.39 is 16.0 Å². The second-order valence-corrected chi connectivity index (χ2v) is 5.89. The van der Waals surface area contributed by atoms with Gasteiger partial charge in [0.15, 0.2) is 0 Å². The minimum absolute atomic E-state index is 0.0384. The summed E-state index contributed by atoms with van der Waals surface area (Å²) in [7, 11) is -3.18. The molecule has 0 saturated carbocycles. The summed E-state index contributed by atoms with van der Waals surface area (Å²) in [6.07, 6.45) is 4.28. The fourth-order valence-electron chi connectivity index (χ4n) is 1.99. The van der Waals surface area contributed by atoms with Gasteiger partial charge in [-0.3, -0.25) is 4.79 Å². The van der Waals surface area contributed by atoms with Gasteiger partial charge in [0.1, 0.15) is 0 Å². The zero-order valence-corrected chi connectivity index (χ0v) is 9.66. The van der Waals surface area contributed by atoms with Gasteiger partial charge in [0.05, 0.1) is 6.26 Å². The number of rotatable bonds is 4. The number of aliphatic carboxylic acids is 1. The average Bonchev–Trinajstić information content (AvgIpc) is 2.13. The molecule has 0 aromatic rings. The predicted molar refractivity (Wildman–Crippen MR) is 56.1 cm³/mol. The summed E-state index contributed by atoms with van der Waals surface area (Å²) in [6, 6.07) is -0.121. The van der Waals surface area contributed by atoms with Crippen LogP contribution in [0.4, 0.5) is 0 Å². The molecule has 1 aliphatic heterocycles. The zero-order chi connectivity index (χ0) is 11.5. The summed E-state index contributed by atoms with van der Waals surface area (Å²) in [5.41, 5.74) is 0. The van der Waals surface area contributed by atoms with Crippen molar-refractivity contribution >= 4 is 16.0 Å². The molecule has 6 heteroatoms. The van der Waals surface area contributed by atoms with Crippen LogP contribution in [0.1, 0.15) is 32.1 Å². The lowest BCUT2D eigenvalue weighted by Gasteiger charge is -2.33. The van der Waals surface area contributed by atoms with Crippen LogP contribution >= 0.6 is 0 Å². The van der Waals surface area contributed by atoms with E-state index in [0.717, 1.165) is 19.3 Å². The van der Waals surface area contributed by atoms with Crippen molar-refractivity contribution in [2.75, 3.05) is 12.8 Å². The molecule has 0 aromatic carbocycles. The molecule has 1 heterocycles. The first kappa shape index (κ1) is 12.4. The topological polar surface area (TPSA) is 74.7 Å². The molecule has 1 atom stereocenters. The molecule has 0 spiro atoms. The van der Waals surface area contributed by atoms with E-state index >= 15 is 0 Å². The monoisotopic (exact) mass is 235 g/mol. The Bertz CT molecular complexity index is 325. The highest BCUT2D eigenvalue weighted by molar-refractivity contribution is 7.88. The Morgan fingerprint density at radius 2 is 2.13 bits per heavy atom. The number of sulfonamides is 1. The molecule has 15 heavy (non-hydrogen) atoms. The Morgan fingerprint density at radius 1 is 1.47 bits per heavy atom. The molecular weight excluding hydrogens is 218 g/mol. The number of nitrogens with zero attached hydrogens (tertiary/aromatic N) is 1. The number of carboxylic acid groups (broad SMARTS) is 1. The molecule has 88 valence electrons. The highest BCUT2D eigenvalue weighted by Crippen LogP contribution is 2.23. The molecule has 0 aliphatic carbocycles. The molecule has 0 radical (unpaired) electrons. The van der Waals surface area contributed by atoms with Gasteiger partial charge in [-0.25, -0.2) is 8.42 Å². The molecule has 1 N–H and O–H groups in total. The highest BCUT2D eigenvalue weighted by atomic mass is 32.2. The van der Waals surface area contributed by atoms with Crippen LogP contribution in [0.3, 0.4) is 0 Å². The van der Waals surface area contributed by atoms with Crippen molar-refractivity contribution in [1.82, 2.24) is 4.31 Å². The number of carboxylic acids is 1. The zero-order valence-electron chi connectivity index (χ0n) is 8.85. The third-order valence-corrected chi connectivity index (χ3v) is 4.02.